The van der Waals surface area contributed by atoms with E-state index in [0.717, 1.165) is 6.07 Å². The molecule has 6 rings (SSSR count). The van der Waals surface area contributed by atoms with E-state index in [0.29, 0.717) is 40.9 Å². The quantitative estimate of drug-likeness (QED) is 0.241. The summed E-state index contributed by atoms with van der Waals surface area (Å²) < 4.78 is 46.9. The Bertz CT molecular complexity index is 2030. The predicted molar refractivity (Wildman–Crippen MR) is 162 cm³/mol. The zero-order valence-electron chi connectivity index (χ0n) is 24.1. The van der Waals surface area contributed by atoms with Crippen LogP contribution in [0.5, 0.6) is 23.0 Å². The van der Waals surface area contributed by atoms with Gasteiger partial charge in [0.2, 0.25) is 0 Å². The first-order valence-corrected chi connectivity index (χ1v) is 14.0. The van der Waals surface area contributed by atoms with Crippen molar-refractivity contribution in [1.82, 2.24) is 14.9 Å². The zero-order valence-corrected chi connectivity index (χ0v) is 24.1. The second-order valence-corrected chi connectivity index (χ2v) is 10.0. The molecule has 0 saturated heterocycles. The molecule has 0 fully saturated rings. The number of anilines is 1. The van der Waals surface area contributed by atoms with Gasteiger partial charge in [-0.2, -0.15) is 0 Å². The molecule has 0 spiro atoms. The largest absolute Gasteiger partial charge is 0.496 e. The van der Waals surface area contributed by atoms with Gasteiger partial charge in [-0.15, -0.1) is 0 Å². The molecular weight excluding hydrogens is 586 g/mol. The first-order chi connectivity index (χ1) is 21.8. The van der Waals surface area contributed by atoms with Crippen LogP contribution >= 0.6 is 0 Å². The minimum Gasteiger partial charge on any atom is -0.496 e. The second-order valence-electron chi connectivity index (χ2n) is 10.0. The maximum Gasteiger partial charge on any atom is 0.271 e. The Kier molecular flexibility index (Phi) is 7.86. The Labute approximate surface area is 255 Å². The van der Waals surface area contributed by atoms with Gasteiger partial charge >= 0.3 is 0 Å². The van der Waals surface area contributed by atoms with Gasteiger partial charge in [-0.3, -0.25) is 23.9 Å². The van der Waals surface area contributed by atoms with Crippen molar-refractivity contribution in [3.63, 3.8) is 0 Å². The normalized spacial score (nSPS) is 11.9. The number of hydrogen-bond donors (Lipinski definition) is 2. The molecule has 1 aliphatic heterocycles. The Morgan fingerprint density at radius 3 is 2.53 bits per heavy atom. The molecule has 1 aliphatic rings. The second kappa shape index (κ2) is 12.1. The molecule has 5 aromatic rings. The van der Waals surface area contributed by atoms with Gasteiger partial charge in [-0.1, -0.05) is 0 Å². The molecule has 10 nitrogen and oxygen atoms in total. The molecule has 2 N–H and O–H groups in total. The topological polar surface area (TPSA) is 121 Å². The average molecular weight is 613 g/mol. The van der Waals surface area contributed by atoms with Crippen molar-refractivity contribution in [2.75, 3.05) is 25.6 Å². The van der Waals surface area contributed by atoms with Crippen molar-refractivity contribution >= 4 is 28.4 Å². The van der Waals surface area contributed by atoms with E-state index in [1.54, 1.807) is 25.3 Å². The summed E-state index contributed by atoms with van der Waals surface area (Å²) in [5.41, 5.74) is 0.874. The van der Waals surface area contributed by atoms with Crippen LogP contribution in [-0.4, -0.2) is 41.6 Å². The highest BCUT2D eigenvalue weighted by Crippen LogP contribution is 2.35. The number of benzene rings is 3. The summed E-state index contributed by atoms with van der Waals surface area (Å²) >= 11 is 0. The molecule has 0 radical (unpaired) electrons. The smallest absolute Gasteiger partial charge is 0.271 e. The first kappa shape index (κ1) is 29.3. The number of pyridine rings is 2. The van der Waals surface area contributed by atoms with E-state index in [2.05, 4.69) is 15.6 Å². The molecule has 0 atom stereocenters. The summed E-state index contributed by atoms with van der Waals surface area (Å²) in [6.45, 7) is 2.49. The van der Waals surface area contributed by atoms with Crippen LogP contribution < -0.4 is 30.4 Å². The molecule has 3 aromatic carbocycles. The monoisotopic (exact) mass is 612 g/mol. The lowest BCUT2D eigenvalue weighted by atomic mass is 10.1. The fraction of sp³-hybridized carbons (Fsp3) is 0.152. The highest BCUT2D eigenvalue weighted by molar-refractivity contribution is 6.06. The summed E-state index contributed by atoms with van der Waals surface area (Å²) in [7, 11) is 1.44. The van der Waals surface area contributed by atoms with Crippen LogP contribution in [0.4, 0.5) is 14.5 Å². The van der Waals surface area contributed by atoms with E-state index in [1.807, 2.05) is 0 Å². The molecule has 0 unspecified atom stereocenters. The van der Waals surface area contributed by atoms with Crippen molar-refractivity contribution in [2.24, 2.45) is 0 Å². The molecule has 228 valence electrons. The number of amides is 2. The third-order valence-electron chi connectivity index (χ3n) is 7.20. The van der Waals surface area contributed by atoms with E-state index < -0.39 is 23.1 Å². The number of aromatic nitrogens is 2. The Morgan fingerprint density at radius 2 is 1.80 bits per heavy atom. The third kappa shape index (κ3) is 5.65. The zero-order chi connectivity index (χ0) is 31.7. The van der Waals surface area contributed by atoms with E-state index in [4.69, 9.17) is 14.2 Å². The number of hydrogen-bond acceptors (Lipinski definition) is 7. The maximum absolute atomic E-state index is 15.3. The van der Waals surface area contributed by atoms with Crippen LogP contribution in [-0.2, 0) is 6.42 Å². The number of ether oxygens (including phenoxy) is 3. The third-order valence-corrected chi connectivity index (χ3v) is 7.20. The van der Waals surface area contributed by atoms with Crippen LogP contribution in [0.25, 0.3) is 16.6 Å². The average Bonchev–Trinajstić information content (AvgIpc) is 3.50. The summed E-state index contributed by atoms with van der Waals surface area (Å²) in [6, 6.07) is 13.8. The molecule has 0 bridgehead atoms. The van der Waals surface area contributed by atoms with Crippen molar-refractivity contribution in [3.8, 4) is 28.7 Å². The Balaban J connectivity index is 1.29. The molecule has 3 heterocycles. The van der Waals surface area contributed by atoms with Crippen LogP contribution in [0.1, 0.15) is 33.2 Å². The Hall–Kier alpha value is -5.78. The summed E-state index contributed by atoms with van der Waals surface area (Å²) in [4.78, 5) is 43.7. The standard InChI is InChI=1S/C33H26F2N4O6/c1-3-36-31(40)23-15-22-25(16-28(23)43-2)37-12-10-26(22)45-27-9-6-20(14-24(27)35)38-32(41)29-30-18(11-13-44-30)17-39(33(29)42)21-7-4-19(34)5-8-21/h4-10,12,14-17H,3,11,13H2,1-2H3,(H,36,40)(H,38,41). The minimum atomic E-state index is -0.798. The highest BCUT2D eigenvalue weighted by Gasteiger charge is 2.27. The lowest BCUT2D eigenvalue weighted by Gasteiger charge is -2.14. The first-order valence-electron chi connectivity index (χ1n) is 14.0. The number of halogens is 2. The van der Waals surface area contributed by atoms with Crippen molar-refractivity contribution in [2.45, 2.75) is 13.3 Å². The number of carbonyl (C=O) groups is 2. The number of carbonyl (C=O) groups excluding carboxylic acids is 2. The van der Waals surface area contributed by atoms with Crippen LogP contribution in [0.3, 0.4) is 0 Å². The molecular formula is C33H26F2N4O6. The summed E-state index contributed by atoms with van der Waals surface area (Å²) in [6.07, 6.45) is 3.52. The van der Waals surface area contributed by atoms with Gasteiger partial charge in [-0.05, 0) is 55.5 Å². The highest BCUT2D eigenvalue weighted by atomic mass is 19.1. The van der Waals surface area contributed by atoms with Crippen LogP contribution in [0.15, 0.2) is 77.9 Å². The van der Waals surface area contributed by atoms with Crippen LogP contribution in [0.2, 0.25) is 0 Å². The molecule has 0 saturated carbocycles. The number of methoxy groups -OCH3 is 1. The maximum atomic E-state index is 15.3. The predicted octanol–water partition coefficient (Wildman–Crippen LogP) is 5.40. The van der Waals surface area contributed by atoms with Crippen molar-refractivity contribution < 1.29 is 32.6 Å². The number of fused-ring (bicyclic) bond motifs is 2. The molecule has 45 heavy (non-hydrogen) atoms. The number of nitrogens with zero attached hydrogens (tertiary/aromatic N) is 2. The van der Waals surface area contributed by atoms with Gasteiger partial charge in [0.25, 0.3) is 17.4 Å². The van der Waals surface area contributed by atoms with Crippen LogP contribution in [0, 0.1) is 11.6 Å². The van der Waals surface area contributed by atoms with E-state index >= 15 is 4.39 Å². The minimum absolute atomic E-state index is 0.0658. The number of rotatable bonds is 8. The molecule has 2 aromatic heterocycles. The van der Waals surface area contributed by atoms with Gasteiger partial charge in [0.15, 0.2) is 11.6 Å². The fourth-order valence-electron chi connectivity index (χ4n) is 5.06. The molecule has 2 amide bonds. The fourth-order valence-corrected chi connectivity index (χ4v) is 5.06. The summed E-state index contributed by atoms with van der Waals surface area (Å²) in [5, 5.41) is 5.74. The van der Waals surface area contributed by atoms with Gasteiger partial charge in [0, 0.05) is 59.8 Å². The SMILES string of the molecule is CCNC(=O)c1cc2c(Oc3ccc(NC(=O)c4c5c(cn(-c6ccc(F)cc6)c4=O)CCO5)cc3F)ccnc2cc1OC. The van der Waals surface area contributed by atoms with E-state index in [9.17, 15) is 18.8 Å². The lowest BCUT2D eigenvalue weighted by molar-refractivity contribution is 0.0952. The van der Waals surface area contributed by atoms with Gasteiger partial charge in [0.05, 0.1) is 24.8 Å². The lowest BCUT2D eigenvalue weighted by Crippen LogP contribution is -2.29. The van der Waals surface area contributed by atoms with E-state index in [1.165, 1.54) is 60.3 Å². The van der Waals surface area contributed by atoms with Crippen molar-refractivity contribution in [1.29, 1.82) is 0 Å². The summed E-state index contributed by atoms with van der Waals surface area (Å²) in [5.74, 6) is -1.85. The number of nitrogens with one attached hydrogen (secondary N) is 2. The van der Waals surface area contributed by atoms with Gasteiger partial charge in [0.1, 0.15) is 28.6 Å². The van der Waals surface area contributed by atoms with Crippen molar-refractivity contribution in [3.05, 3.63) is 112 Å². The van der Waals surface area contributed by atoms with Gasteiger partial charge < -0.3 is 24.8 Å². The molecule has 12 heteroatoms. The Morgan fingerprint density at radius 1 is 1.00 bits per heavy atom. The van der Waals surface area contributed by atoms with E-state index in [-0.39, 0.29) is 46.6 Å². The molecule has 0 aliphatic carbocycles. The van der Waals surface area contributed by atoms with Gasteiger partial charge in [-0.25, -0.2) is 8.78 Å².